The highest BCUT2D eigenvalue weighted by Gasteiger charge is 2.13. The second-order valence-electron chi connectivity index (χ2n) is 6.98. The highest BCUT2D eigenvalue weighted by molar-refractivity contribution is 7.99. The number of carbonyl (C=O) groups is 1. The fourth-order valence-corrected chi connectivity index (χ4v) is 3.98. The number of aromatic nitrogens is 2. The van der Waals surface area contributed by atoms with Crippen molar-refractivity contribution in [1.82, 2.24) is 14.9 Å². The first-order valence-electron chi connectivity index (χ1n) is 10.1. The molecule has 0 radical (unpaired) electrons. The highest BCUT2D eigenvalue weighted by Crippen LogP contribution is 2.18. The van der Waals surface area contributed by atoms with Crippen LogP contribution in [0.1, 0.15) is 38.2 Å². The van der Waals surface area contributed by atoms with E-state index >= 15 is 0 Å². The summed E-state index contributed by atoms with van der Waals surface area (Å²) in [4.78, 5) is 30.0. The zero-order chi connectivity index (χ0) is 20.5. The Kier molecular flexibility index (Phi) is 7.87. The average molecular weight is 410 g/mol. The summed E-state index contributed by atoms with van der Waals surface area (Å²) in [5.74, 6) is 0.158. The lowest BCUT2D eigenvalue weighted by atomic mass is 10.2. The monoisotopic (exact) mass is 409 g/mol. The van der Waals surface area contributed by atoms with E-state index in [0.29, 0.717) is 29.1 Å². The molecule has 0 unspecified atom stereocenters. The number of unbranched alkanes of at least 4 members (excludes halogenated alkanes) is 3. The van der Waals surface area contributed by atoms with Crippen LogP contribution < -0.4 is 10.9 Å². The molecule has 0 aliphatic carbocycles. The van der Waals surface area contributed by atoms with Gasteiger partial charge in [-0.05, 0) is 24.1 Å². The van der Waals surface area contributed by atoms with Crippen LogP contribution in [-0.4, -0.2) is 21.2 Å². The van der Waals surface area contributed by atoms with Gasteiger partial charge in [0.15, 0.2) is 5.16 Å². The summed E-state index contributed by atoms with van der Waals surface area (Å²) >= 11 is 1.32. The molecule has 0 fully saturated rings. The van der Waals surface area contributed by atoms with E-state index < -0.39 is 0 Å². The SMILES string of the molecule is CCCCCCn1c(SCC(=O)NCc2ccccc2)nc2ccccc2c1=O. The molecule has 0 aliphatic rings. The first-order valence-corrected chi connectivity index (χ1v) is 11.1. The molecule has 1 heterocycles. The smallest absolute Gasteiger partial charge is 0.262 e. The van der Waals surface area contributed by atoms with E-state index in [2.05, 4.69) is 17.2 Å². The molecule has 0 spiro atoms. The van der Waals surface area contributed by atoms with Crippen LogP contribution in [0.3, 0.4) is 0 Å². The second kappa shape index (κ2) is 10.8. The Morgan fingerprint density at radius 3 is 2.59 bits per heavy atom. The van der Waals surface area contributed by atoms with Crippen molar-refractivity contribution in [2.24, 2.45) is 0 Å². The van der Waals surface area contributed by atoms with Crippen molar-refractivity contribution in [3.63, 3.8) is 0 Å². The molecular weight excluding hydrogens is 382 g/mol. The summed E-state index contributed by atoms with van der Waals surface area (Å²) in [6.45, 7) is 3.29. The standard InChI is InChI=1S/C23H27N3O2S/c1-2-3-4-10-15-26-22(28)19-13-8-9-14-20(19)25-23(26)29-17-21(27)24-16-18-11-6-5-7-12-18/h5-9,11-14H,2-4,10,15-17H2,1H3,(H,24,27). The number of benzene rings is 2. The van der Waals surface area contributed by atoms with E-state index in [-0.39, 0.29) is 17.2 Å². The largest absolute Gasteiger partial charge is 0.351 e. The molecule has 5 nitrogen and oxygen atoms in total. The summed E-state index contributed by atoms with van der Waals surface area (Å²) in [5, 5.41) is 4.16. The minimum absolute atomic E-state index is 0.0284. The van der Waals surface area contributed by atoms with Crippen molar-refractivity contribution < 1.29 is 4.79 Å². The summed E-state index contributed by atoms with van der Waals surface area (Å²) in [7, 11) is 0. The first kappa shape index (κ1) is 21.1. The third-order valence-electron chi connectivity index (χ3n) is 4.73. The predicted molar refractivity (Wildman–Crippen MR) is 119 cm³/mol. The Bertz CT molecular complexity index is 1000. The maximum absolute atomic E-state index is 13.0. The van der Waals surface area contributed by atoms with Crippen LogP contribution in [0.15, 0.2) is 64.5 Å². The minimum atomic E-state index is -0.0706. The normalized spacial score (nSPS) is 10.9. The van der Waals surface area contributed by atoms with E-state index in [1.54, 1.807) is 4.57 Å². The molecule has 0 bridgehead atoms. The molecule has 0 aliphatic heterocycles. The Morgan fingerprint density at radius 1 is 1.03 bits per heavy atom. The van der Waals surface area contributed by atoms with Gasteiger partial charge < -0.3 is 5.32 Å². The Morgan fingerprint density at radius 2 is 1.79 bits per heavy atom. The van der Waals surface area contributed by atoms with Crippen LogP contribution in [0.25, 0.3) is 10.9 Å². The number of fused-ring (bicyclic) bond motifs is 1. The van der Waals surface area contributed by atoms with E-state index in [9.17, 15) is 9.59 Å². The van der Waals surface area contributed by atoms with E-state index in [1.165, 1.54) is 11.8 Å². The number of amides is 1. The predicted octanol–water partition coefficient (Wildman–Crippen LogP) is 4.39. The van der Waals surface area contributed by atoms with Crippen molar-refractivity contribution in [3.05, 3.63) is 70.5 Å². The van der Waals surface area contributed by atoms with Crippen molar-refractivity contribution in [2.75, 3.05) is 5.75 Å². The van der Waals surface area contributed by atoms with Gasteiger partial charge in [-0.1, -0.05) is 80.4 Å². The van der Waals surface area contributed by atoms with Gasteiger partial charge in [0.25, 0.3) is 5.56 Å². The molecule has 2 aromatic carbocycles. The van der Waals surface area contributed by atoms with Gasteiger partial charge in [-0.2, -0.15) is 0 Å². The second-order valence-corrected chi connectivity index (χ2v) is 7.92. The number of para-hydroxylation sites is 1. The molecule has 1 amide bonds. The maximum atomic E-state index is 13.0. The summed E-state index contributed by atoms with van der Waals surface area (Å²) in [6, 6.07) is 17.2. The fraction of sp³-hybridized carbons (Fsp3) is 0.348. The van der Waals surface area contributed by atoms with Gasteiger partial charge in [0.1, 0.15) is 0 Å². The summed E-state index contributed by atoms with van der Waals surface area (Å²) in [5.41, 5.74) is 1.70. The van der Waals surface area contributed by atoms with Crippen molar-refractivity contribution >= 4 is 28.6 Å². The number of nitrogens with zero attached hydrogens (tertiary/aromatic N) is 2. The van der Waals surface area contributed by atoms with Crippen molar-refractivity contribution in [2.45, 2.75) is 50.9 Å². The summed E-state index contributed by atoms with van der Waals surface area (Å²) in [6.07, 6.45) is 4.31. The van der Waals surface area contributed by atoms with Crippen LogP contribution in [0.4, 0.5) is 0 Å². The Balaban J connectivity index is 1.70. The molecule has 6 heteroatoms. The number of hydrogen-bond donors (Lipinski definition) is 1. The van der Waals surface area contributed by atoms with Crippen LogP contribution >= 0.6 is 11.8 Å². The molecule has 29 heavy (non-hydrogen) atoms. The average Bonchev–Trinajstić information content (AvgIpc) is 2.76. The number of thioether (sulfide) groups is 1. The van der Waals surface area contributed by atoms with Gasteiger partial charge in [0.2, 0.25) is 5.91 Å². The van der Waals surface area contributed by atoms with E-state index in [0.717, 1.165) is 31.2 Å². The molecular formula is C23H27N3O2S. The number of carbonyl (C=O) groups excluding carboxylic acids is 1. The van der Waals surface area contributed by atoms with Crippen molar-refractivity contribution in [3.8, 4) is 0 Å². The van der Waals surface area contributed by atoms with Gasteiger partial charge >= 0.3 is 0 Å². The van der Waals surface area contributed by atoms with Crippen LogP contribution in [0, 0.1) is 0 Å². The number of rotatable bonds is 10. The minimum Gasteiger partial charge on any atom is -0.351 e. The molecule has 0 atom stereocenters. The fourth-order valence-electron chi connectivity index (χ4n) is 3.13. The molecule has 1 aromatic heterocycles. The number of hydrogen-bond acceptors (Lipinski definition) is 4. The molecule has 1 N–H and O–H groups in total. The molecule has 0 saturated carbocycles. The van der Waals surface area contributed by atoms with Crippen LogP contribution in [-0.2, 0) is 17.9 Å². The zero-order valence-electron chi connectivity index (χ0n) is 16.8. The summed E-state index contributed by atoms with van der Waals surface area (Å²) < 4.78 is 1.73. The van der Waals surface area contributed by atoms with Crippen LogP contribution in [0.5, 0.6) is 0 Å². The lowest BCUT2D eigenvalue weighted by Gasteiger charge is -2.13. The van der Waals surface area contributed by atoms with Gasteiger partial charge in [-0.3, -0.25) is 14.2 Å². The third-order valence-corrected chi connectivity index (χ3v) is 5.70. The van der Waals surface area contributed by atoms with Crippen LogP contribution in [0.2, 0.25) is 0 Å². The zero-order valence-corrected chi connectivity index (χ0v) is 17.6. The Labute approximate surface area is 175 Å². The molecule has 3 rings (SSSR count). The molecule has 0 saturated heterocycles. The topological polar surface area (TPSA) is 64.0 Å². The molecule has 152 valence electrons. The third kappa shape index (κ3) is 5.94. The van der Waals surface area contributed by atoms with Gasteiger partial charge in [0.05, 0.1) is 16.7 Å². The highest BCUT2D eigenvalue weighted by atomic mass is 32.2. The van der Waals surface area contributed by atoms with Crippen molar-refractivity contribution in [1.29, 1.82) is 0 Å². The van der Waals surface area contributed by atoms with E-state index in [1.807, 2.05) is 54.6 Å². The lowest BCUT2D eigenvalue weighted by Crippen LogP contribution is -2.27. The molecule has 3 aromatic rings. The first-order chi connectivity index (χ1) is 14.2. The van der Waals surface area contributed by atoms with Gasteiger partial charge in [0, 0.05) is 13.1 Å². The quantitative estimate of drug-likeness (QED) is 0.306. The van der Waals surface area contributed by atoms with Gasteiger partial charge in [-0.25, -0.2) is 4.98 Å². The lowest BCUT2D eigenvalue weighted by molar-refractivity contribution is -0.118. The van der Waals surface area contributed by atoms with E-state index in [4.69, 9.17) is 0 Å². The maximum Gasteiger partial charge on any atom is 0.262 e. The van der Waals surface area contributed by atoms with Gasteiger partial charge in [-0.15, -0.1) is 0 Å². The Hall–Kier alpha value is -2.60. The number of nitrogens with one attached hydrogen (secondary N) is 1.